The van der Waals surface area contributed by atoms with E-state index in [2.05, 4.69) is 30.3 Å². The van der Waals surface area contributed by atoms with Gasteiger partial charge in [0.2, 0.25) is 0 Å². The van der Waals surface area contributed by atoms with Crippen LogP contribution >= 0.6 is 0 Å². The first-order chi connectivity index (χ1) is 14.4. The smallest absolute Gasteiger partial charge is 0.0431 e. The maximum absolute atomic E-state index is 8.75. The van der Waals surface area contributed by atoms with Crippen molar-refractivity contribution < 1.29 is 5.11 Å². The summed E-state index contributed by atoms with van der Waals surface area (Å²) < 4.78 is 0. The number of aryl methyl sites for hydroxylation is 1. The van der Waals surface area contributed by atoms with Crippen molar-refractivity contribution in [3.05, 3.63) is 35.9 Å². The Balaban J connectivity index is 1.66. The van der Waals surface area contributed by atoms with Gasteiger partial charge in [-0.3, -0.25) is 0 Å². The van der Waals surface area contributed by atoms with Crippen LogP contribution in [0.15, 0.2) is 30.3 Å². The number of aliphatic hydroxyl groups excluding tert-OH is 1. The fraction of sp³-hybridized carbons (Fsp3) is 0.786. The van der Waals surface area contributed by atoms with Gasteiger partial charge in [0.25, 0.3) is 0 Å². The number of benzene rings is 1. The summed E-state index contributed by atoms with van der Waals surface area (Å²) in [6.45, 7) is 0.371. The molecule has 0 spiro atoms. The molecule has 1 N–H and O–H groups in total. The molecule has 1 aromatic rings. The molecule has 0 saturated carbocycles. The molecule has 1 aromatic carbocycles. The molecule has 0 saturated heterocycles. The number of rotatable bonds is 22. The van der Waals surface area contributed by atoms with Crippen molar-refractivity contribution in [1.82, 2.24) is 0 Å². The zero-order valence-electron chi connectivity index (χ0n) is 19.4. The van der Waals surface area contributed by atoms with Gasteiger partial charge in [-0.1, -0.05) is 146 Å². The molecule has 0 bridgehead atoms. The number of hydrogen-bond acceptors (Lipinski definition) is 1. The summed E-state index contributed by atoms with van der Waals surface area (Å²) in [7, 11) is 0. The molecule has 0 unspecified atom stereocenters. The molecule has 0 aliphatic rings. The molecule has 0 atom stereocenters. The number of unbranched alkanes of at least 4 members (excludes halogenated alkanes) is 19. The van der Waals surface area contributed by atoms with E-state index in [0.717, 1.165) is 6.42 Å². The van der Waals surface area contributed by atoms with Crippen molar-refractivity contribution >= 4 is 0 Å². The van der Waals surface area contributed by atoms with Crippen LogP contribution in [0.4, 0.5) is 0 Å². The average Bonchev–Trinajstić information content (AvgIpc) is 2.75. The molecule has 1 heteroatoms. The van der Waals surface area contributed by atoms with Crippen LogP contribution in [0.1, 0.15) is 134 Å². The Morgan fingerprint density at radius 2 is 0.690 bits per heavy atom. The van der Waals surface area contributed by atoms with Crippen molar-refractivity contribution in [2.45, 2.75) is 135 Å². The van der Waals surface area contributed by atoms with Gasteiger partial charge in [-0.25, -0.2) is 0 Å². The van der Waals surface area contributed by atoms with Gasteiger partial charge in [0.1, 0.15) is 0 Å². The van der Waals surface area contributed by atoms with Gasteiger partial charge in [0.05, 0.1) is 0 Å². The van der Waals surface area contributed by atoms with Gasteiger partial charge < -0.3 is 5.11 Å². The minimum Gasteiger partial charge on any atom is -0.396 e. The molecule has 1 nitrogen and oxygen atoms in total. The van der Waals surface area contributed by atoms with Gasteiger partial charge in [-0.15, -0.1) is 0 Å². The van der Waals surface area contributed by atoms with Gasteiger partial charge in [0.15, 0.2) is 0 Å². The first kappa shape index (κ1) is 26.2. The summed E-state index contributed by atoms with van der Waals surface area (Å²) in [5.41, 5.74) is 1.50. The predicted molar refractivity (Wildman–Crippen MR) is 130 cm³/mol. The molecular formula is C28H50O. The van der Waals surface area contributed by atoms with Gasteiger partial charge in [-0.05, 0) is 24.8 Å². The van der Waals surface area contributed by atoms with E-state index in [4.69, 9.17) is 5.11 Å². The van der Waals surface area contributed by atoms with Crippen LogP contribution in [-0.4, -0.2) is 11.7 Å². The van der Waals surface area contributed by atoms with E-state index in [0.29, 0.717) is 6.61 Å². The topological polar surface area (TPSA) is 20.2 Å². The molecule has 0 aromatic heterocycles. The lowest BCUT2D eigenvalue weighted by atomic mass is 10.0. The Bertz CT molecular complexity index is 414. The molecule has 0 heterocycles. The first-order valence-electron chi connectivity index (χ1n) is 13.1. The van der Waals surface area contributed by atoms with Gasteiger partial charge in [-0.2, -0.15) is 0 Å². The molecule has 29 heavy (non-hydrogen) atoms. The zero-order valence-corrected chi connectivity index (χ0v) is 19.4. The van der Waals surface area contributed by atoms with Crippen LogP contribution in [0, 0.1) is 0 Å². The third-order valence-corrected chi connectivity index (χ3v) is 6.22. The Morgan fingerprint density at radius 1 is 0.379 bits per heavy atom. The SMILES string of the molecule is OCCCCCCCCCCCCCCCCCCCCCCc1ccccc1. The van der Waals surface area contributed by atoms with E-state index < -0.39 is 0 Å². The Labute approximate surface area is 182 Å². The van der Waals surface area contributed by atoms with Crippen molar-refractivity contribution in [1.29, 1.82) is 0 Å². The van der Waals surface area contributed by atoms with Crippen LogP contribution in [-0.2, 0) is 6.42 Å². The Kier molecular flexibility index (Phi) is 19.8. The average molecular weight is 403 g/mol. The Hall–Kier alpha value is -0.820. The van der Waals surface area contributed by atoms with Crippen molar-refractivity contribution in [3.8, 4) is 0 Å². The van der Waals surface area contributed by atoms with Gasteiger partial charge >= 0.3 is 0 Å². The van der Waals surface area contributed by atoms with E-state index in [1.165, 1.54) is 134 Å². The number of aliphatic hydroxyl groups is 1. The normalized spacial score (nSPS) is 11.2. The highest BCUT2D eigenvalue weighted by Crippen LogP contribution is 2.15. The lowest BCUT2D eigenvalue weighted by Crippen LogP contribution is -1.86. The van der Waals surface area contributed by atoms with E-state index in [-0.39, 0.29) is 0 Å². The monoisotopic (exact) mass is 402 g/mol. The lowest BCUT2D eigenvalue weighted by molar-refractivity contribution is 0.282. The summed E-state index contributed by atoms with van der Waals surface area (Å²) in [5.74, 6) is 0. The van der Waals surface area contributed by atoms with Crippen LogP contribution in [0.3, 0.4) is 0 Å². The second-order valence-corrected chi connectivity index (χ2v) is 9.03. The highest BCUT2D eigenvalue weighted by Gasteiger charge is 1.96. The largest absolute Gasteiger partial charge is 0.396 e. The predicted octanol–water partition coefficient (Wildman–Crippen LogP) is 9.02. The fourth-order valence-corrected chi connectivity index (χ4v) is 4.27. The third-order valence-electron chi connectivity index (χ3n) is 6.22. The maximum atomic E-state index is 8.75. The van der Waals surface area contributed by atoms with Crippen LogP contribution in [0.25, 0.3) is 0 Å². The van der Waals surface area contributed by atoms with E-state index in [1.54, 1.807) is 0 Å². The molecule has 0 radical (unpaired) electrons. The highest BCUT2D eigenvalue weighted by atomic mass is 16.2. The molecule has 0 aliphatic carbocycles. The van der Waals surface area contributed by atoms with Crippen LogP contribution in [0.5, 0.6) is 0 Å². The van der Waals surface area contributed by atoms with Crippen molar-refractivity contribution in [2.24, 2.45) is 0 Å². The standard InChI is InChI=1S/C28H50O/c29-27-23-18-16-14-12-10-8-6-4-2-1-3-5-7-9-11-13-15-17-20-24-28-25-21-19-22-26-28/h19,21-22,25-26,29H,1-18,20,23-24,27H2. The zero-order chi connectivity index (χ0) is 20.7. The summed E-state index contributed by atoms with van der Waals surface area (Å²) in [4.78, 5) is 0. The van der Waals surface area contributed by atoms with E-state index in [1.807, 2.05) is 0 Å². The molecule has 0 amide bonds. The fourth-order valence-electron chi connectivity index (χ4n) is 4.27. The highest BCUT2D eigenvalue weighted by molar-refractivity contribution is 5.14. The minimum atomic E-state index is 0.371. The second kappa shape index (κ2) is 21.9. The van der Waals surface area contributed by atoms with Gasteiger partial charge in [0, 0.05) is 6.61 Å². The van der Waals surface area contributed by atoms with E-state index in [9.17, 15) is 0 Å². The Morgan fingerprint density at radius 3 is 1.03 bits per heavy atom. The van der Waals surface area contributed by atoms with Crippen LogP contribution in [0.2, 0.25) is 0 Å². The third kappa shape index (κ3) is 18.9. The molecule has 0 aliphatic heterocycles. The summed E-state index contributed by atoms with van der Waals surface area (Å²) in [5, 5.41) is 8.75. The summed E-state index contributed by atoms with van der Waals surface area (Å²) in [6.07, 6.45) is 29.1. The summed E-state index contributed by atoms with van der Waals surface area (Å²) >= 11 is 0. The van der Waals surface area contributed by atoms with Crippen molar-refractivity contribution in [3.63, 3.8) is 0 Å². The quantitative estimate of drug-likeness (QED) is 0.192. The van der Waals surface area contributed by atoms with E-state index >= 15 is 0 Å². The minimum absolute atomic E-state index is 0.371. The molecule has 0 fully saturated rings. The molecule has 1 rings (SSSR count). The number of hydrogen-bond donors (Lipinski definition) is 1. The first-order valence-corrected chi connectivity index (χ1v) is 13.1. The summed E-state index contributed by atoms with van der Waals surface area (Å²) in [6, 6.07) is 10.9. The second-order valence-electron chi connectivity index (χ2n) is 9.03. The maximum Gasteiger partial charge on any atom is 0.0431 e. The molecule has 168 valence electrons. The lowest BCUT2D eigenvalue weighted by Gasteiger charge is -2.04. The van der Waals surface area contributed by atoms with Crippen LogP contribution < -0.4 is 0 Å². The van der Waals surface area contributed by atoms with Crippen molar-refractivity contribution in [2.75, 3.05) is 6.61 Å². The molecular weight excluding hydrogens is 352 g/mol.